The van der Waals surface area contributed by atoms with Crippen LogP contribution < -0.4 is 9.47 Å². The number of halogens is 1. The Kier molecular flexibility index (Phi) is 8.14. The van der Waals surface area contributed by atoms with Crippen LogP contribution in [0.5, 0.6) is 11.5 Å². The first-order valence-electron chi connectivity index (χ1n) is 8.74. The number of benzene rings is 1. The highest BCUT2D eigenvalue weighted by Gasteiger charge is 2.19. The molecule has 0 radical (unpaired) electrons. The van der Waals surface area contributed by atoms with Gasteiger partial charge in [-0.25, -0.2) is 4.79 Å². The highest BCUT2D eigenvalue weighted by atomic mass is 35.5. The van der Waals surface area contributed by atoms with Gasteiger partial charge < -0.3 is 19.1 Å². The predicted molar refractivity (Wildman–Crippen MR) is 109 cm³/mol. The Morgan fingerprint density at radius 2 is 2.04 bits per heavy atom. The third kappa shape index (κ3) is 6.14. The largest absolute Gasteiger partial charge is 0.493 e. The molecule has 0 N–H and O–H groups in total. The maximum absolute atomic E-state index is 12.3. The Hall–Kier alpha value is -2.25. The molecule has 152 valence electrons. The number of nitrogens with zero attached hydrogens (tertiary/aromatic N) is 1. The van der Waals surface area contributed by atoms with Crippen LogP contribution in [0.2, 0.25) is 5.02 Å². The van der Waals surface area contributed by atoms with Crippen LogP contribution in [0, 0.1) is 5.92 Å². The fourth-order valence-electron chi connectivity index (χ4n) is 2.29. The molecule has 0 unspecified atom stereocenters. The molecule has 1 amide bonds. The summed E-state index contributed by atoms with van der Waals surface area (Å²) in [5.41, 5.74) is 1.22. The van der Waals surface area contributed by atoms with E-state index >= 15 is 0 Å². The van der Waals surface area contributed by atoms with E-state index in [9.17, 15) is 9.59 Å². The van der Waals surface area contributed by atoms with Gasteiger partial charge in [0.1, 0.15) is 0 Å². The molecule has 1 heterocycles. The van der Waals surface area contributed by atoms with Gasteiger partial charge in [0.2, 0.25) is 0 Å². The molecule has 1 aromatic heterocycles. The van der Waals surface area contributed by atoms with E-state index in [2.05, 4.69) is 0 Å². The first-order valence-corrected chi connectivity index (χ1v) is 10.1. The first kappa shape index (κ1) is 22.0. The van der Waals surface area contributed by atoms with Crippen LogP contribution >= 0.6 is 22.9 Å². The Morgan fingerprint density at radius 3 is 2.64 bits per heavy atom. The highest BCUT2D eigenvalue weighted by Crippen LogP contribution is 2.36. The van der Waals surface area contributed by atoms with Gasteiger partial charge in [-0.05, 0) is 40.4 Å². The summed E-state index contributed by atoms with van der Waals surface area (Å²) in [5.74, 6) is 0.0619. The highest BCUT2D eigenvalue weighted by molar-refractivity contribution is 7.07. The van der Waals surface area contributed by atoms with Crippen LogP contribution in [0.25, 0.3) is 0 Å². The van der Waals surface area contributed by atoms with Gasteiger partial charge in [0.05, 0.1) is 24.3 Å². The molecule has 0 aliphatic carbocycles. The summed E-state index contributed by atoms with van der Waals surface area (Å²) in [7, 11) is 3.13. The third-order valence-corrected chi connectivity index (χ3v) is 4.79. The van der Waals surface area contributed by atoms with Crippen molar-refractivity contribution in [2.75, 3.05) is 27.4 Å². The second-order valence-electron chi connectivity index (χ2n) is 6.65. The Labute approximate surface area is 174 Å². The molecule has 2 rings (SSSR count). The number of esters is 1. The SMILES string of the molecule is COc1cc(C(=O)OCC(=O)N(C)Cc2ccsc2)cc(Cl)c1OCC(C)C. The van der Waals surface area contributed by atoms with Gasteiger partial charge in [0.25, 0.3) is 5.91 Å². The van der Waals surface area contributed by atoms with E-state index < -0.39 is 5.97 Å². The number of carbonyl (C=O) groups excluding carboxylic acids is 2. The topological polar surface area (TPSA) is 65.1 Å². The molecular weight excluding hydrogens is 402 g/mol. The van der Waals surface area contributed by atoms with E-state index in [0.717, 1.165) is 5.56 Å². The molecule has 0 fully saturated rings. The van der Waals surface area contributed by atoms with E-state index in [0.29, 0.717) is 30.6 Å². The second kappa shape index (κ2) is 10.3. The Bertz CT molecular complexity index is 807. The lowest BCUT2D eigenvalue weighted by Crippen LogP contribution is -2.30. The van der Waals surface area contributed by atoms with Crippen LogP contribution in [0.4, 0.5) is 0 Å². The quantitative estimate of drug-likeness (QED) is 0.561. The van der Waals surface area contributed by atoms with Crippen LogP contribution in [0.1, 0.15) is 29.8 Å². The van der Waals surface area contributed by atoms with Crippen molar-refractivity contribution in [3.05, 3.63) is 45.1 Å². The summed E-state index contributed by atoms with van der Waals surface area (Å²) < 4.78 is 16.1. The molecule has 28 heavy (non-hydrogen) atoms. The molecule has 8 heteroatoms. The van der Waals surface area contributed by atoms with Gasteiger partial charge in [-0.15, -0.1) is 0 Å². The minimum Gasteiger partial charge on any atom is -0.493 e. The van der Waals surface area contributed by atoms with Crippen molar-refractivity contribution in [2.24, 2.45) is 5.92 Å². The van der Waals surface area contributed by atoms with Crippen LogP contribution in [-0.2, 0) is 16.1 Å². The van der Waals surface area contributed by atoms with Crippen molar-refractivity contribution in [3.63, 3.8) is 0 Å². The fraction of sp³-hybridized carbons (Fsp3) is 0.400. The second-order valence-corrected chi connectivity index (χ2v) is 7.84. The molecule has 0 saturated carbocycles. The van der Waals surface area contributed by atoms with Crippen LogP contribution in [0.3, 0.4) is 0 Å². The molecule has 0 spiro atoms. The molecule has 0 atom stereocenters. The summed E-state index contributed by atoms with van der Waals surface area (Å²) in [4.78, 5) is 26.0. The van der Waals surface area contributed by atoms with Crippen molar-refractivity contribution in [1.29, 1.82) is 0 Å². The van der Waals surface area contributed by atoms with Crippen molar-refractivity contribution in [1.82, 2.24) is 4.90 Å². The van der Waals surface area contributed by atoms with E-state index in [-0.39, 0.29) is 23.1 Å². The van der Waals surface area contributed by atoms with Crippen molar-refractivity contribution in [3.8, 4) is 11.5 Å². The number of methoxy groups -OCH3 is 1. The number of amides is 1. The number of ether oxygens (including phenoxy) is 3. The normalized spacial score (nSPS) is 10.6. The molecular formula is C20H24ClNO5S. The molecule has 0 bridgehead atoms. The summed E-state index contributed by atoms with van der Waals surface area (Å²) in [6.45, 7) is 4.59. The standard InChI is InChI=1S/C20H24ClNO5S/c1-13(2)10-26-19-16(21)7-15(8-17(19)25-4)20(24)27-11-18(23)22(3)9-14-5-6-28-12-14/h5-8,12-13H,9-11H2,1-4H3. The van der Waals surface area contributed by atoms with Gasteiger partial charge >= 0.3 is 5.97 Å². The Morgan fingerprint density at radius 1 is 1.29 bits per heavy atom. The summed E-state index contributed by atoms with van der Waals surface area (Å²) >= 11 is 7.81. The number of rotatable bonds is 9. The van der Waals surface area contributed by atoms with Gasteiger partial charge in [-0.3, -0.25) is 4.79 Å². The van der Waals surface area contributed by atoms with E-state index in [1.165, 1.54) is 24.1 Å². The van der Waals surface area contributed by atoms with E-state index in [4.69, 9.17) is 25.8 Å². The zero-order valence-electron chi connectivity index (χ0n) is 16.4. The number of hydrogen-bond acceptors (Lipinski definition) is 6. The first-order chi connectivity index (χ1) is 13.3. The molecule has 0 aliphatic rings. The smallest absolute Gasteiger partial charge is 0.338 e. The van der Waals surface area contributed by atoms with Crippen molar-refractivity contribution < 1.29 is 23.8 Å². The third-order valence-electron chi connectivity index (χ3n) is 3.78. The zero-order chi connectivity index (χ0) is 20.7. The zero-order valence-corrected chi connectivity index (χ0v) is 17.9. The molecule has 0 aliphatic heterocycles. The molecule has 6 nitrogen and oxygen atoms in total. The average molecular weight is 426 g/mol. The maximum Gasteiger partial charge on any atom is 0.338 e. The Balaban J connectivity index is 1.99. The van der Waals surface area contributed by atoms with Crippen molar-refractivity contribution in [2.45, 2.75) is 20.4 Å². The lowest BCUT2D eigenvalue weighted by atomic mass is 10.2. The molecule has 2 aromatic rings. The minimum absolute atomic E-state index is 0.187. The lowest BCUT2D eigenvalue weighted by Gasteiger charge is -2.17. The number of hydrogen-bond donors (Lipinski definition) is 0. The summed E-state index contributed by atoms with van der Waals surface area (Å²) in [6, 6.07) is 4.88. The molecule has 1 aromatic carbocycles. The van der Waals surface area contributed by atoms with Gasteiger partial charge in [0.15, 0.2) is 18.1 Å². The van der Waals surface area contributed by atoms with Gasteiger partial charge in [0, 0.05) is 13.6 Å². The van der Waals surface area contributed by atoms with E-state index in [1.807, 2.05) is 30.7 Å². The average Bonchev–Trinajstić information content (AvgIpc) is 3.16. The predicted octanol–water partition coefficient (Wildman–Crippen LogP) is 4.26. The van der Waals surface area contributed by atoms with Crippen LogP contribution in [-0.4, -0.2) is 44.1 Å². The lowest BCUT2D eigenvalue weighted by molar-refractivity contribution is -0.133. The minimum atomic E-state index is -0.659. The van der Waals surface area contributed by atoms with Crippen molar-refractivity contribution >= 4 is 34.8 Å². The summed E-state index contributed by atoms with van der Waals surface area (Å²) in [6.07, 6.45) is 0. The monoisotopic (exact) mass is 425 g/mol. The number of likely N-dealkylation sites (N-methyl/N-ethyl adjacent to an activating group) is 1. The number of carbonyl (C=O) groups is 2. The van der Waals surface area contributed by atoms with E-state index in [1.54, 1.807) is 18.4 Å². The maximum atomic E-state index is 12.3. The van der Waals surface area contributed by atoms with Gasteiger partial charge in [-0.2, -0.15) is 11.3 Å². The number of thiophene rings is 1. The van der Waals surface area contributed by atoms with Gasteiger partial charge in [-0.1, -0.05) is 25.4 Å². The summed E-state index contributed by atoms with van der Waals surface area (Å²) in [5, 5.41) is 4.15. The van der Waals surface area contributed by atoms with Crippen LogP contribution in [0.15, 0.2) is 29.0 Å². The fourth-order valence-corrected chi connectivity index (χ4v) is 3.22. The molecule has 0 saturated heterocycles.